The van der Waals surface area contributed by atoms with E-state index in [-0.39, 0.29) is 5.91 Å². The summed E-state index contributed by atoms with van der Waals surface area (Å²) in [6.07, 6.45) is 7.93. The molecular weight excluding hydrogens is 278 g/mol. The van der Waals surface area contributed by atoms with E-state index in [9.17, 15) is 9.59 Å². The molecule has 0 saturated carbocycles. The number of carbonyl (C=O) groups excluding carboxylic acids is 1. The lowest BCUT2D eigenvalue weighted by Gasteiger charge is -2.17. The van der Waals surface area contributed by atoms with Crippen molar-refractivity contribution in [1.29, 1.82) is 0 Å². The van der Waals surface area contributed by atoms with Gasteiger partial charge in [-0.25, -0.2) is 4.79 Å². The first-order valence-electron chi connectivity index (χ1n) is 7.63. The summed E-state index contributed by atoms with van der Waals surface area (Å²) in [5.74, 6) is -1.17. The van der Waals surface area contributed by atoms with E-state index in [1.165, 1.54) is 11.6 Å². The minimum absolute atomic E-state index is 0.247. The van der Waals surface area contributed by atoms with Crippen LogP contribution >= 0.6 is 0 Å². The molecule has 1 aliphatic rings. The molecule has 0 atom stereocenters. The van der Waals surface area contributed by atoms with Gasteiger partial charge in [-0.05, 0) is 50.2 Å². The standard InChI is InChI=1S/C18H21NO3/c20-17(13-7-4-10-14-8-2-1-3-9-14)19-16-12-6-5-11-15(16)18(21)22/h1-3,7-9,13H,4-6,10-12H2,(H,19,20)(H,21,22)/b13-7+. The molecule has 0 radical (unpaired) electrons. The second-order valence-corrected chi connectivity index (χ2v) is 5.39. The number of benzene rings is 1. The van der Waals surface area contributed by atoms with Gasteiger partial charge in [-0.15, -0.1) is 0 Å². The fourth-order valence-corrected chi connectivity index (χ4v) is 2.55. The number of aryl methyl sites for hydroxylation is 1. The Morgan fingerprint density at radius 2 is 1.86 bits per heavy atom. The molecular formula is C18H21NO3. The highest BCUT2D eigenvalue weighted by molar-refractivity contribution is 5.92. The monoisotopic (exact) mass is 299 g/mol. The Labute approximate surface area is 130 Å². The van der Waals surface area contributed by atoms with Gasteiger partial charge in [0.25, 0.3) is 0 Å². The highest BCUT2D eigenvalue weighted by Crippen LogP contribution is 2.23. The molecule has 2 rings (SSSR count). The molecule has 0 heterocycles. The summed E-state index contributed by atoms with van der Waals surface area (Å²) in [6, 6.07) is 10.1. The molecule has 0 spiro atoms. The molecule has 1 aromatic carbocycles. The van der Waals surface area contributed by atoms with Crippen molar-refractivity contribution in [3.63, 3.8) is 0 Å². The van der Waals surface area contributed by atoms with Crippen molar-refractivity contribution in [2.24, 2.45) is 0 Å². The topological polar surface area (TPSA) is 66.4 Å². The van der Waals surface area contributed by atoms with E-state index in [2.05, 4.69) is 17.4 Å². The van der Waals surface area contributed by atoms with Crippen LogP contribution in [0.1, 0.15) is 37.7 Å². The van der Waals surface area contributed by atoms with Crippen molar-refractivity contribution < 1.29 is 14.7 Å². The van der Waals surface area contributed by atoms with Crippen molar-refractivity contribution in [3.05, 3.63) is 59.3 Å². The van der Waals surface area contributed by atoms with Crippen LogP contribution in [-0.4, -0.2) is 17.0 Å². The van der Waals surface area contributed by atoms with Crippen molar-refractivity contribution in [3.8, 4) is 0 Å². The van der Waals surface area contributed by atoms with Crippen LogP contribution in [0.4, 0.5) is 0 Å². The molecule has 1 aliphatic carbocycles. The number of rotatable bonds is 6. The molecule has 22 heavy (non-hydrogen) atoms. The summed E-state index contributed by atoms with van der Waals surface area (Å²) in [5, 5.41) is 11.9. The maximum Gasteiger partial charge on any atom is 0.333 e. The molecule has 0 unspecified atom stereocenters. The fourth-order valence-electron chi connectivity index (χ4n) is 2.55. The molecule has 4 heteroatoms. The highest BCUT2D eigenvalue weighted by atomic mass is 16.4. The minimum Gasteiger partial charge on any atom is -0.478 e. The Balaban J connectivity index is 1.84. The molecule has 2 N–H and O–H groups in total. The SMILES string of the molecule is O=C(/C=C/CCc1ccccc1)NC1=C(C(=O)O)CCCC1. The van der Waals surface area contributed by atoms with Gasteiger partial charge >= 0.3 is 5.97 Å². The largest absolute Gasteiger partial charge is 0.478 e. The van der Waals surface area contributed by atoms with E-state index in [0.717, 1.165) is 25.7 Å². The van der Waals surface area contributed by atoms with Crippen molar-refractivity contribution in [2.75, 3.05) is 0 Å². The summed E-state index contributed by atoms with van der Waals surface area (Å²) >= 11 is 0. The van der Waals surface area contributed by atoms with Gasteiger partial charge < -0.3 is 10.4 Å². The number of allylic oxidation sites excluding steroid dienone is 2. The first kappa shape index (κ1) is 16.0. The van der Waals surface area contributed by atoms with Crippen LogP contribution in [0.15, 0.2) is 53.8 Å². The van der Waals surface area contributed by atoms with Gasteiger partial charge in [0.1, 0.15) is 0 Å². The lowest BCUT2D eigenvalue weighted by atomic mass is 9.96. The van der Waals surface area contributed by atoms with E-state index in [1.807, 2.05) is 24.3 Å². The normalized spacial score (nSPS) is 15.1. The zero-order valence-electron chi connectivity index (χ0n) is 12.5. The number of carboxylic acids is 1. The minimum atomic E-state index is -0.928. The third-order valence-corrected chi connectivity index (χ3v) is 3.71. The number of carboxylic acid groups (broad SMARTS) is 1. The van der Waals surface area contributed by atoms with Crippen LogP contribution in [0.3, 0.4) is 0 Å². The maximum atomic E-state index is 11.9. The van der Waals surface area contributed by atoms with Crippen LogP contribution in [0.5, 0.6) is 0 Å². The van der Waals surface area contributed by atoms with Crippen molar-refractivity contribution >= 4 is 11.9 Å². The highest BCUT2D eigenvalue weighted by Gasteiger charge is 2.19. The number of nitrogens with one attached hydrogen (secondary N) is 1. The molecule has 0 aliphatic heterocycles. The second kappa shape index (κ2) is 8.17. The number of aliphatic carboxylic acids is 1. The fraction of sp³-hybridized carbons (Fsp3) is 0.333. The zero-order chi connectivity index (χ0) is 15.8. The Morgan fingerprint density at radius 3 is 2.59 bits per heavy atom. The lowest BCUT2D eigenvalue weighted by molar-refractivity contribution is -0.133. The van der Waals surface area contributed by atoms with E-state index in [0.29, 0.717) is 24.1 Å². The van der Waals surface area contributed by atoms with Gasteiger partial charge in [0.15, 0.2) is 0 Å². The smallest absolute Gasteiger partial charge is 0.333 e. The first-order chi connectivity index (χ1) is 10.7. The number of hydrogen-bond donors (Lipinski definition) is 2. The molecule has 0 fully saturated rings. The Bertz CT molecular complexity index is 588. The number of amides is 1. The average Bonchev–Trinajstić information content (AvgIpc) is 2.53. The molecule has 116 valence electrons. The second-order valence-electron chi connectivity index (χ2n) is 5.39. The van der Waals surface area contributed by atoms with Crippen LogP contribution in [0.25, 0.3) is 0 Å². The van der Waals surface area contributed by atoms with Gasteiger partial charge in [0.05, 0.1) is 5.57 Å². The van der Waals surface area contributed by atoms with E-state index >= 15 is 0 Å². The summed E-state index contributed by atoms with van der Waals surface area (Å²) < 4.78 is 0. The van der Waals surface area contributed by atoms with Crippen LogP contribution in [0.2, 0.25) is 0 Å². The number of carbonyl (C=O) groups is 2. The molecule has 4 nitrogen and oxygen atoms in total. The quantitative estimate of drug-likeness (QED) is 0.793. The molecule has 1 amide bonds. The van der Waals surface area contributed by atoms with Gasteiger partial charge in [-0.2, -0.15) is 0 Å². The van der Waals surface area contributed by atoms with Crippen LogP contribution < -0.4 is 5.32 Å². The first-order valence-corrected chi connectivity index (χ1v) is 7.63. The zero-order valence-corrected chi connectivity index (χ0v) is 12.5. The Hall–Kier alpha value is -2.36. The van der Waals surface area contributed by atoms with Crippen molar-refractivity contribution in [1.82, 2.24) is 5.32 Å². The van der Waals surface area contributed by atoms with Gasteiger partial charge in [-0.1, -0.05) is 36.4 Å². The predicted molar refractivity (Wildman–Crippen MR) is 85.2 cm³/mol. The molecule has 1 aromatic rings. The lowest BCUT2D eigenvalue weighted by Crippen LogP contribution is -2.25. The summed E-state index contributed by atoms with van der Waals surface area (Å²) in [5.41, 5.74) is 2.14. The number of hydrogen-bond acceptors (Lipinski definition) is 2. The summed E-state index contributed by atoms with van der Waals surface area (Å²) in [7, 11) is 0. The summed E-state index contributed by atoms with van der Waals surface area (Å²) in [6.45, 7) is 0. The molecule has 0 aromatic heterocycles. The van der Waals surface area contributed by atoms with Crippen molar-refractivity contribution in [2.45, 2.75) is 38.5 Å². The van der Waals surface area contributed by atoms with Gasteiger partial charge in [-0.3, -0.25) is 4.79 Å². The Morgan fingerprint density at radius 1 is 1.14 bits per heavy atom. The van der Waals surface area contributed by atoms with Crippen LogP contribution in [0, 0.1) is 0 Å². The van der Waals surface area contributed by atoms with E-state index in [4.69, 9.17) is 5.11 Å². The average molecular weight is 299 g/mol. The van der Waals surface area contributed by atoms with Gasteiger partial charge in [0, 0.05) is 5.70 Å². The Kier molecular flexibility index (Phi) is 5.95. The maximum absolute atomic E-state index is 11.9. The molecule has 0 bridgehead atoms. The van der Waals surface area contributed by atoms with E-state index < -0.39 is 5.97 Å². The van der Waals surface area contributed by atoms with Crippen LogP contribution in [-0.2, 0) is 16.0 Å². The third-order valence-electron chi connectivity index (χ3n) is 3.71. The third kappa shape index (κ3) is 4.88. The summed E-state index contributed by atoms with van der Waals surface area (Å²) in [4.78, 5) is 23.0. The molecule has 0 saturated heterocycles. The van der Waals surface area contributed by atoms with Gasteiger partial charge in [0.2, 0.25) is 5.91 Å². The van der Waals surface area contributed by atoms with E-state index in [1.54, 1.807) is 0 Å². The predicted octanol–water partition coefficient (Wildman–Crippen LogP) is 3.20.